The zero-order valence-corrected chi connectivity index (χ0v) is 14.5. The predicted molar refractivity (Wildman–Crippen MR) is 92.3 cm³/mol. The summed E-state index contributed by atoms with van der Waals surface area (Å²) in [6.45, 7) is 0. The van der Waals surface area contributed by atoms with Gasteiger partial charge in [0.25, 0.3) is 0 Å². The summed E-state index contributed by atoms with van der Waals surface area (Å²) in [6.07, 6.45) is -0.155. The Morgan fingerprint density at radius 2 is 1.62 bits per heavy atom. The number of benzene rings is 1. The molecule has 2 rings (SSSR count). The molecule has 1 aromatic rings. The van der Waals surface area contributed by atoms with Gasteiger partial charge < -0.3 is 35.7 Å². The fraction of sp³-hybridized carbons (Fsp3) is 0.222. The Bertz CT molecular complexity index is 959. The second-order valence-electron chi connectivity index (χ2n) is 6.38. The maximum atomic E-state index is 11.9. The lowest BCUT2D eigenvalue weighted by atomic mass is 9.62. The number of carboxylic acids is 4. The maximum absolute atomic E-state index is 11.9. The van der Waals surface area contributed by atoms with Crippen LogP contribution in [-0.2, 0) is 19.2 Å². The number of carboxylic acid groups (broad SMARTS) is 4. The highest BCUT2D eigenvalue weighted by molar-refractivity contribution is 5.97. The van der Waals surface area contributed by atoms with Gasteiger partial charge in [-0.15, -0.1) is 0 Å². The Morgan fingerprint density at radius 3 is 2.07 bits per heavy atom. The summed E-state index contributed by atoms with van der Waals surface area (Å²) in [6, 6.07) is 2.84. The molecule has 0 aliphatic heterocycles. The monoisotopic (exact) mass is 408 g/mol. The van der Waals surface area contributed by atoms with Crippen molar-refractivity contribution < 1.29 is 54.9 Å². The van der Waals surface area contributed by atoms with Gasteiger partial charge in [-0.3, -0.25) is 9.59 Å². The number of carbonyl (C=O) groups is 4. The van der Waals surface area contributed by atoms with E-state index in [2.05, 4.69) is 0 Å². The topological polar surface area (TPSA) is 210 Å². The summed E-state index contributed by atoms with van der Waals surface area (Å²) < 4.78 is 0. The van der Waals surface area contributed by atoms with Gasteiger partial charge in [-0.2, -0.15) is 0 Å². The van der Waals surface area contributed by atoms with Crippen LogP contribution in [0.2, 0.25) is 0 Å². The summed E-state index contributed by atoms with van der Waals surface area (Å²) in [7, 11) is 0. The van der Waals surface area contributed by atoms with Gasteiger partial charge >= 0.3 is 23.9 Å². The Kier molecular flexibility index (Phi) is 5.65. The highest BCUT2D eigenvalue weighted by Crippen LogP contribution is 2.50. The third-order valence-corrected chi connectivity index (χ3v) is 4.57. The highest BCUT2D eigenvalue weighted by atomic mass is 16.4. The molecule has 154 valence electrons. The molecule has 0 bridgehead atoms. The Hall–Kier alpha value is -3.86. The molecule has 0 saturated carbocycles. The first-order chi connectivity index (χ1) is 13.4. The minimum absolute atomic E-state index is 0.223. The van der Waals surface area contributed by atoms with Crippen LogP contribution in [0.5, 0.6) is 11.5 Å². The van der Waals surface area contributed by atoms with Gasteiger partial charge in [0, 0.05) is 12.0 Å². The first-order valence-corrected chi connectivity index (χ1v) is 7.97. The minimum Gasteiger partial charge on any atom is -0.504 e. The molecule has 0 saturated heterocycles. The number of aliphatic hydroxyl groups is 1. The van der Waals surface area contributed by atoms with Crippen molar-refractivity contribution >= 4 is 23.9 Å². The van der Waals surface area contributed by atoms with Crippen molar-refractivity contribution in [1.82, 2.24) is 0 Å². The van der Waals surface area contributed by atoms with Crippen LogP contribution in [0.4, 0.5) is 0 Å². The molecule has 1 aliphatic carbocycles. The van der Waals surface area contributed by atoms with E-state index >= 15 is 0 Å². The molecule has 3 atom stereocenters. The van der Waals surface area contributed by atoms with E-state index in [0.29, 0.717) is 12.2 Å². The van der Waals surface area contributed by atoms with E-state index in [1.165, 1.54) is 0 Å². The first-order valence-electron chi connectivity index (χ1n) is 7.97. The molecule has 1 aromatic carbocycles. The second-order valence-corrected chi connectivity index (χ2v) is 6.38. The molecule has 0 amide bonds. The van der Waals surface area contributed by atoms with Gasteiger partial charge in [-0.25, -0.2) is 9.59 Å². The maximum Gasteiger partial charge on any atom is 0.332 e. The van der Waals surface area contributed by atoms with Crippen LogP contribution in [0.3, 0.4) is 0 Å². The smallest absolute Gasteiger partial charge is 0.332 e. The zero-order valence-electron chi connectivity index (χ0n) is 14.5. The molecular formula is C18H16O11. The highest BCUT2D eigenvalue weighted by Gasteiger charge is 2.54. The van der Waals surface area contributed by atoms with E-state index in [-0.39, 0.29) is 5.56 Å². The van der Waals surface area contributed by atoms with Crippen molar-refractivity contribution in [2.24, 2.45) is 5.92 Å². The zero-order chi connectivity index (χ0) is 22.1. The summed E-state index contributed by atoms with van der Waals surface area (Å²) in [5, 5.41) is 67.8. The average Bonchev–Trinajstić information content (AvgIpc) is 2.57. The molecule has 0 fully saturated rings. The van der Waals surface area contributed by atoms with Crippen molar-refractivity contribution in [3.63, 3.8) is 0 Å². The van der Waals surface area contributed by atoms with Crippen LogP contribution in [0.1, 0.15) is 17.9 Å². The normalized spacial score (nSPS) is 25.3. The van der Waals surface area contributed by atoms with E-state index in [1.807, 2.05) is 0 Å². The third-order valence-electron chi connectivity index (χ3n) is 4.57. The van der Waals surface area contributed by atoms with Gasteiger partial charge in [0.2, 0.25) is 0 Å². The standard InChI is InChI=1S/C18H16O11/c19-10-2-1-7(3-11(10)20)15-14(17(27)28)9(16(25)26)4-8(5-12(21)22)18(15,29)6-13(23)24/h1-5,14-15,19-20,29H,6H2,(H,21,22)(H,23,24)(H,25,26)(H,27,28). The third kappa shape index (κ3) is 4.04. The quantitative estimate of drug-likeness (QED) is 0.248. The number of phenolic OH excluding ortho intramolecular Hbond substituents is 2. The Balaban J connectivity index is 2.93. The van der Waals surface area contributed by atoms with Gasteiger partial charge in [0.1, 0.15) is 5.60 Å². The molecule has 0 aromatic heterocycles. The van der Waals surface area contributed by atoms with E-state index in [9.17, 15) is 49.8 Å². The van der Waals surface area contributed by atoms with Gasteiger partial charge in [-0.05, 0) is 29.3 Å². The number of aliphatic carboxylic acids is 4. The van der Waals surface area contributed by atoms with Crippen molar-refractivity contribution in [2.45, 2.75) is 17.9 Å². The second kappa shape index (κ2) is 7.64. The van der Waals surface area contributed by atoms with Crippen LogP contribution in [-0.4, -0.2) is 65.2 Å². The molecule has 0 radical (unpaired) electrons. The van der Waals surface area contributed by atoms with E-state index in [1.54, 1.807) is 0 Å². The molecule has 11 nitrogen and oxygen atoms in total. The largest absolute Gasteiger partial charge is 0.504 e. The van der Waals surface area contributed by atoms with Crippen molar-refractivity contribution in [3.05, 3.63) is 47.1 Å². The molecule has 7 N–H and O–H groups in total. The lowest BCUT2D eigenvalue weighted by molar-refractivity contribution is -0.150. The Morgan fingerprint density at radius 1 is 1.00 bits per heavy atom. The Labute approximate surface area is 162 Å². The molecular weight excluding hydrogens is 392 g/mol. The number of rotatable bonds is 6. The summed E-state index contributed by atoms with van der Waals surface area (Å²) in [4.78, 5) is 46.1. The summed E-state index contributed by atoms with van der Waals surface area (Å²) in [5.74, 6) is -11.9. The lowest BCUT2D eigenvalue weighted by Crippen LogP contribution is -2.49. The number of hydrogen-bond donors (Lipinski definition) is 7. The SMILES string of the molecule is O=C(O)C=C1C=C(C(=O)O)C(C(=O)O)C(c2ccc(O)c(O)c2)C1(O)CC(=O)O. The fourth-order valence-corrected chi connectivity index (χ4v) is 3.43. The van der Waals surface area contributed by atoms with E-state index in [0.717, 1.165) is 18.2 Å². The molecule has 1 aliphatic rings. The van der Waals surface area contributed by atoms with Crippen molar-refractivity contribution in [1.29, 1.82) is 0 Å². The molecule has 0 spiro atoms. The predicted octanol–water partition coefficient (Wildman–Crippen LogP) is 0.124. The molecule has 29 heavy (non-hydrogen) atoms. The van der Waals surface area contributed by atoms with E-state index < -0.39 is 70.4 Å². The van der Waals surface area contributed by atoms with E-state index in [4.69, 9.17) is 5.11 Å². The van der Waals surface area contributed by atoms with Crippen molar-refractivity contribution in [2.75, 3.05) is 0 Å². The van der Waals surface area contributed by atoms with Crippen LogP contribution < -0.4 is 0 Å². The number of phenols is 2. The first kappa shape index (κ1) is 21.4. The molecule has 11 heteroatoms. The van der Waals surface area contributed by atoms with Gasteiger partial charge in [-0.1, -0.05) is 6.07 Å². The van der Waals surface area contributed by atoms with Crippen LogP contribution >= 0.6 is 0 Å². The van der Waals surface area contributed by atoms with Crippen molar-refractivity contribution in [3.8, 4) is 11.5 Å². The van der Waals surface area contributed by atoms with Crippen LogP contribution in [0.15, 0.2) is 41.5 Å². The lowest BCUT2D eigenvalue weighted by Gasteiger charge is -2.43. The van der Waals surface area contributed by atoms with Crippen LogP contribution in [0.25, 0.3) is 0 Å². The fourth-order valence-electron chi connectivity index (χ4n) is 3.43. The number of hydrogen-bond acceptors (Lipinski definition) is 7. The minimum atomic E-state index is -2.66. The average molecular weight is 408 g/mol. The summed E-state index contributed by atoms with van der Waals surface area (Å²) >= 11 is 0. The molecule has 0 heterocycles. The van der Waals surface area contributed by atoms with Crippen LogP contribution in [0, 0.1) is 5.92 Å². The molecule has 3 unspecified atom stereocenters. The van der Waals surface area contributed by atoms with Gasteiger partial charge in [0.05, 0.1) is 17.9 Å². The van der Waals surface area contributed by atoms with Gasteiger partial charge in [0.15, 0.2) is 11.5 Å². The summed E-state index contributed by atoms with van der Waals surface area (Å²) in [5.41, 5.74) is -4.31. The number of aromatic hydroxyl groups is 2.